The van der Waals surface area contributed by atoms with Crippen molar-refractivity contribution in [3.8, 4) is 5.75 Å². The maximum absolute atomic E-state index is 13.0. The number of para-hydroxylation sites is 2. The number of benzene rings is 4. The van der Waals surface area contributed by atoms with E-state index in [0.29, 0.717) is 51.3 Å². The van der Waals surface area contributed by atoms with Crippen molar-refractivity contribution in [1.29, 1.82) is 0 Å². The lowest BCUT2D eigenvalue weighted by Crippen LogP contribution is -2.43. The zero-order valence-corrected chi connectivity index (χ0v) is 37.4. The standard InChI is InChI=1S/C28H32N6O3.C20H19N5OS/c1-32-15-13-19(14-16-32)29-27(35)18-9-10-21(24(17-18)37-4)30-25-12-11-23-26(31-25)33(2)22-8-6-5-7-20(22)28(36)34(23)3;1-24-16-6-4-3-5-15(16)20(26)25(2)17-11-12-18(23-19(17)24)22-13-7-9-14(27-21)10-8-13/h5-12,17,19H,13-16H2,1-4H3,(H,29,35)(H,30,31);3-12H,21H2,1-2H3,(H,22,23). The number of anilines is 10. The summed E-state index contributed by atoms with van der Waals surface area (Å²) in [5, 5.41) is 15.3. The van der Waals surface area contributed by atoms with Gasteiger partial charge in [-0.05, 0) is 136 Å². The van der Waals surface area contributed by atoms with Crippen molar-refractivity contribution < 1.29 is 19.1 Å². The van der Waals surface area contributed by atoms with Crippen LogP contribution in [0.1, 0.15) is 43.9 Å². The summed E-state index contributed by atoms with van der Waals surface area (Å²) in [5.41, 5.74) is 6.53. The topological polar surface area (TPSA) is 165 Å². The highest BCUT2D eigenvalue weighted by Gasteiger charge is 2.30. The first-order chi connectivity index (χ1) is 30.9. The number of amides is 3. The van der Waals surface area contributed by atoms with E-state index in [1.807, 2.05) is 127 Å². The summed E-state index contributed by atoms with van der Waals surface area (Å²) < 4.78 is 5.60. The number of piperidine rings is 1. The van der Waals surface area contributed by atoms with E-state index in [9.17, 15) is 14.4 Å². The molecule has 64 heavy (non-hydrogen) atoms. The van der Waals surface area contributed by atoms with E-state index in [-0.39, 0.29) is 23.8 Å². The van der Waals surface area contributed by atoms with Crippen LogP contribution in [0.25, 0.3) is 0 Å². The first-order valence-electron chi connectivity index (χ1n) is 20.9. The number of methoxy groups -OCH3 is 1. The zero-order valence-electron chi connectivity index (χ0n) is 36.6. The van der Waals surface area contributed by atoms with Gasteiger partial charge in [-0.2, -0.15) is 0 Å². The average molecular weight is 878 g/mol. The molecule has 6 aromatic rings. The van der Waals surface area contributed by atoms with Gasteiger partial charge in [0.1, 0.15) is 17.4 Å². The van der Waals surface area contributed by atoms with Crippen molar-refractivity contribution in [2.75, 3.05) is 85.7 Å². The van der Waals surface area contributed by atoms with E-state index in [4.69, 9.17) is 19.8 Å². The Balaban J connectivity index is 0.000000184. The molecule has 5 heterocycles. The van der Waals surface area contributed by atoms with Crippen molar-refractivity contribution in [1.82, 2.24) is 20.2 Å². The Morgan fingerprint density at radius 3 is 1.72 bits per heavy atom. The minimum Gasteiger partial charge on any atom is -0.495 e. The molecule has 1 fully saturated rings. The van der Waals surface area contributed by atoms with Crippen LogP contribution in [0.5, 0.6) is 5.75 Å². The van der Waals surface area contributed by atoms with Gasteiger partial charge >= 0.3 is 0 Å². The normalized spacial score (nSPS) is 14.8. The number of hydrogen-bond acceptors (Lipinski definition) is 13. The third kappa shape index (κ3) is 8.88. The van der Waals surface area contributed by atoms with Crippen LogP contribution >= 0.6 is 11.9 Å². The molecule has 328 valence electrons. The van der Waals surface area contributed by atoms with E-state index in [2.05, 4.69) is 27.9 Å². The number of hydrogen-bond donors (Lipinski definition) is 4. The highest BCUT2D eigenvalue weighted by Crippen LogP contribution is 2.41. The molecule has 3 amide bonds. The Morgan fingerprint density at radius 2 is 1.19 bits per heavy atom. The number of fused-ring (bicyclic) bond motifs is 4. The second kappa shape index (κ2) is 18.7. The minimum absolute atomic E-state index is 0.0476. The molecule has 0 radical (unpaired) electrons. The number of carbonyl (C=O) groups is 3. The summed E-state index contributed by atoms with van der Waals surface area (Å²) >= 11 is 1.21. The van der Waals surface area contributed by atoms with Crippen LogP contribution in [0, 0.1) is 0 Å². The van der Waals surface area contributed by atoms with Gasteiger partial charge in [0.25, 0.3) is 17.7 Å². The number of nitrogens with two attached hydrogens (primary N) is 1. The molecule has 3 aliphatic rings. The van der Waals surface area contributed by atoms with E-state index in [1.54, 1.807) is 43.1 Å². The molecule has 0 spiro atoms. The Bertz CT molecular complexity index is 2710. The van der Waals surface area contributed by atoms with E-state index < -0.39 is 0 Å². The number of aromatic nitrogens is 2. The number of rotatable bonds is 8. The van der Waals surface area contributed by atoms with Crippen molar-refractivity contribution >= 4 is 87.1 Å². The third-order valence-electron chi connectivity index (χ3n) is 11.7. The van der Waals surface area contributed by atoms with Gasteiger partial charge in [-0.1, -0.05) is 24.3 Å². The van der Waals surface area contributed by atoms with Gasteiger partial charge in [0, 0.05) is 50.4 Å². The Morgan fingerprint density at radius 1 is 0.656 bits per heavy atom. The van der Waals surface area contributed by atoms with E-state index in [1.165, 1.54) is 11.9 Å². The summed E-state index contributed by atoms with van der Waals surface area (Å²) in [6.45, 7) is 1.96. The summed E-state index contributed by atoms with van der Waals surface area (Å²) in [7, 11) is 11.0. The Hall–Kier alpha value is -7.14. The molecule has 9 rings (SSSR count). The number of ether oxygens (including phenoxy) is 1. The average Bonchev–Trinajstić information content (AvgIpc) is 3.45. The van der Waals surface area contributed by atoms with Gasteiger partial charge in [0.2, 0.25) is 0 Å². The Labute approximate surface area is 377 Å². The fourth-order valence-corrected chi connectivity index (χ4v) is 8.29. The predicted octanol–water partition coefficient (Wildman–Crippen LogP) is 8.16. The number of carbonyl (C=O) groups excluding carboxylic acids is 3. The minimum atomic E-state index is -0.101. The number of nitrogens with one attached hydrogen (secondary N) is 3. The summed E-state index contributed by atoms with van der Waals surface area (Å²) in [4.78, 5) is 58.7. The molecule has 1 saturated heterocycles. The third-order valence-corrected chi connectivity index (χ3v) is 12.3. The molecule has 15 nitrogen and oxygen atoms in total. The quantitative estimate of drug-likeness (QED) is 0.108. The van der Waals surface area contributed by atoms with Gasteiger partial charge in [-0.25, -0.2) is 9.97 Å². The SMILES string of the molecule is CN1C(=O)c2ccccc2N(C)c2nc(Nc3ccc(SN)cc3)ccc21.COc1cc(C(=O)NC2CCN(C)CC2)ccc1Nc1ccc2c(n1)N(C)c1ccccc1C(=O)N2C. The molecule has 4 aromatic carbocycles. The van der Waals surface area contributed by atoms with Gasteiger partial charge < -0.3 is 45.2 Å². The lowest BCUT2D eigenvalue weighted by Gasteiger charge is -2.29. The van der Waals surface area contributed by atoms with Crippen LogP contribution in [-0.2, 0) is 0 Å². The lowest BCUT2D eigenvalue weighted by atomic mass is 10.0. The molecular formula is C48H51N11O4S. The van der Waals surface area contributed by atoms with E-state index >= 15 is 0 Å². The maximum Gasteiger partial charge on any atom is 0.260 e. The summed E-state index contributed by atoms with van der Waals surface area (Å²) in [6.07, 6.45) is 1.89. The summed E-state index contributed by atoms with van der Waals surface area (Å²) in [6, 6.07) is 35.9. The zero-order chi connectivity index (χ0) is 45.1. The first-order valence-corrected chi connectivity index (χ1v) is 21.7. The highest BCUT2D eigenvalue weighted by molar-refractivity contribution is 7.97. The highest BCUT2D eigenvalue weighted by atomic mass is 32.2. The molecule has 2 aromatic heterocycles. The molecule has 0 unspecified atom stereocenters. The van der Waals surface area contributed by atoms with Crippen molar-refractivity contribution in [3.05, 3.63) is 132 Å². The van der Waals surface area contributed by atoms with Gasteiger partial charge in [0.15, 0.2) is 11.6 Å². The van der Waals surface area contributed by atoms with E-state index in [0.717, 1.165) is 59.4 Å². The van der Waals surface area contributed by atoms with Crippen LogP contribution in [0.2, 0.25) is 0 Å². The van der Waals surface area contributed by atoms with Gasteiger partial charge in [0.05, 0.1) is 46.7 Å². The second-order valence-electron chi connectivity index (χ2n) is 15.8. The van der Waals surface area contributed by atoms with Crippen LogP contribution in [0.15, 0.2) is 120 Å². The number of likely N-dealkylation sites (tertiary alicyclic amines) is 1. The monoisotopic (exact) mass is 877 g/mol. The summed E-state index contributed by atoms with van der Waals surface area (Å²) in [5.74, 6) is 2.97. The molecule has 0 atom stereocenters. The lowest BCUT2D eigenvalue weighted by molar-refractivity contribution is 0.0915. The maximum atomic E-state index is 13.0. The van der Waals surface area contributed by atoms with Crippen LogP contribution in [0.4, 0.5) is 57.4 Å². The number of pyridine rings is 2. The number of nitrogens with zero attached hydrogens (tertiary/aromatic N) is 7. The smallest absolute Gasteiger partial charge is 0.260 e. The molecule has 3 aliphatic heterocycles. The fourth-order valence-electron chi connectivity index (χ4n) is 8.00. The largest absolute Gasteiger partial charge is 0.495 e. The fraction of sp³-hybridized carbons (Fsp3) is 0.229. The van der Waals surface area contributed by atoms with Crippen molar-refractivity contribution in [2.24, 2.45) is 5.14 Å². The second-order valence-corrected chi connectivity index (χ2v) is 16.5. The molecular weight excluding hydrogens is 827 g/mol. The van der Waals surface area contributed by atoms with Crippen LogP contribution in [-0.4, -0.2) is 94.1 Å². The molecule has 16 heteroatoms. The van der Waals surface area contributed by atoms with Crippen molar-refractivity contribution in [2.45, 2.75) is 23.8 Å². The molecule has 0 aliphatic carbocycles. The molecule has 5 N–H and O–H groups in total. The first kappa shape index (κ1) is 43.5. The predicted molar refractivity (Wildman–Crippen MR) is 257 cm³/mol. The molecule has 0 bridgehead atoms. The van der Waals surface area contributed by atoms with Gasteiger partial charge in [-0.3, -0.25) is 19.5 Å². The van der Waals surface area contributed by atoms with Gasteiger partial charge in [-0.15, -0.1) is 0 Å². The van der Waals surface area contributed by atoms with Crippen molar-refractivity contribution in [3.63, 3.8) is 0 Å². The van der Waals surface area contributed by atoms with Crippen LogP contribution < -0.4 is 45.4 Å². The Kier molecular flexibility index (Phi) is 12.7. The van der Waals surface area contributed by atoms with Crippen LogP contribution in [0.3, 0.4) is 0 Å². The molecule has 0 saturated carbocycles.